The molecule has 1 saturated carbocycles. The minimum Gasteiger partial charge on any atom is -0.307 e. The van der Waals surface area contributed by atoms with Gasteiger partial charge in [-0.25, -0.2) is 4.98 Å². The summed E-state index contributed by atoms with van der Waals surface area (Å²) in [6.45, 7) is 2.07. The highest BCUT2D eigenvalue weighted by Crippen LogP contribution is 2.40. The molecule has 1 fully saturated rings. The van der Waals surface area contributed by atoms with Crippen LogP contribution in [0, 0.1) is 6.92 Å². The van der Waals surface area contributed by atoms with Gasteiger partial charge in [-0.3, -0.25) is 9.78 Å². The number of amides is 1. The van der Waals surface area contributed by atoms with Gasteiger partial charge in [-0.05, 0) is 55.0 Å². The number of carbonyl (C=O) groups excluding carboxylic acids is 1. The van der Waals surface area contributed by atoms with Gasteiger partial charge in [-0.15, -0.1) is 0 Å². The summed E-state index contributed by atoms with van der Waals surface area (Å²) in [5, 5.41) is 4.93. The lowest BCUT2D eigenvalue weighted by Crippen LogP contribution is -2.13. The average Bonchev–Trinajstić information content (AvgIpc) is 3.41. The van der Waals surface area contributed by atoms with Crippen LogP contribution in [0.3, 0.4) is 0 Å². The highest BCUT2D eigenvalue weighted by molar-refractivity contribution is 6.06. The number of aryl methyl sites for hydroxylation is 1. The summed E-state index contributed by atoms with van der Waals surface area (Å²) in [5.74, 6) is 1.05. The first-order chi connectivity index (χ1) is 11.2. The molecular formula is C19H17N3O. The lowest BCUT2D eigenvalue weighted by molar-refractivity contribution is 0.102. The molecule has 2 heterocycles. The first-order valence-electron chi connectivity index (χ1n) is 7.83. The van der Waals surface area contributed by atoms with E-state index in [4.69, 9.17) is 0 Å². The van der Waals surface area contributed by atoms with Gasteiger partial charge >= 0.3 is 0 Å². The van der Waals surface area contributed by atoms with E-state index in [0.717, 1.165) is 16.5 Å². The van der Waals surface area contributed by atoms with Gasteiger partial charge in [0.25, 0.3) is 5.91 Å². The van der Waals surface area contributed by atoms with E-state index < -0.39 is 0 Å². The van der Waals surface area contributed by atoms with E-state index in [2.05, 4.69) is 22.2 Å². The SMILES string of the molecule is Cc1ccc(NC(=O)c2ccc3cnccc3c2)nc1C1CC1. The Morgan fingerprint density at radius 1 is 1.13 bits per heavy atom. The third kappa shape index (κ3) is 2.80. The zero-order valence-corrected chi connectivity index (χ0v) is 12.9. The molecule has 0 saturated heterocycles. The number of rotatable bonds is 3. The van der Waals surface area contributed by atoms with Crippen LogP contribution in [0.5, 0.6) is 0 Å². The molecule has 3 aromatic rings. The van der Waals surface area contributed by atoms with Crippen molar-refractivity contribution in [2.45, 2.75) is 25.7 Å². The second-order valence-corrected chi connectivity index (χ2v) is 6.06. The molecule has 1 N–H and O–H groups in total. The molecule has 0 radical (unpaired) electrons. The van der Waals surface area contributed by atoms with Gasteiger partial charge in [0.2, 0.25) is 0 Å². The molecule has 114 valence electrons. The molecule has 2 aromatic heterocycles. The number of hydrogen-bond donors (Lipinski definition) is 1. The summed E-state index contributed by atoms with van der Waals surface area (Å²) in [7, 11) is 0. The van der Waals surface area contributed by atoms with Crippen molar-refractivity contribution in [1.82, 2.24) is 9.97 Å². The molecule has 23 heavy (non-hydrogen) atoms. The standard InChI is InChI=1S/C19H17N3O/c1-12-2-7-17(21-18(12)13-3-4-13)22-19(23)15-5-6-16-11-20-9-8-14(16)10-15/h2,5-11,13H,3-4H2,1H3,(H,21,22,23). The Morgan fingerprint density at radius 3 is 2.83 bits per heavy atom. The summed E-state index contributed by atoms with van der Waals surface area (Å²) < 4.78 is 0. The molecule has 1 aliphatic rings. The number of aromatic nitrogens is 2. The molecule has 0 aliphatic heterocycles. The molecule has 4 nitrogen and oxygen atoms in total. The predicted molar refractivity (Wildman–Crippen MR) is 90.6 cm³/mol. The quantitative estimate of drug-likeness (QED) is 0.793. The van der Waals surface area contributed by atoms with Gasteiger partial charge in [0.1, 0.15) is 5.82 Å². The van der Waals surface area contributed by atoms with E-state index in [-0.39, 0.29) is 5.91 Å². The Kier molecular flexibility index (Phi) is 3.30. The highest BCUT2D eigenvalue weighted by atomic mass is 16.1. The van der Waals surface area contributed by atoms with Crippen molar-refractivity contribution in [2.75, 3.05) is 5.32 Å². The summed E-state index contributed by atoms with van der Waals surface area (Å²) in [5.41, 5.74) is 2.94. The number of nitrogens with zero attached hydrogens (tertiary/aromatic N) is 2. The highest BCUT2D eigenvalue weighted by Gasteiger charge is 2.26. The number of nitrogens with one attached hydrogen (secondary N) is 1. The summed E-state index contributed by atoms with van der Waals surface area (Å²) in [6.07, 6.45) is 5.92. The number of benzene rings is 1. The fraction of sp³-hybridized carbons (Fsp3) is 0.211. The molecule has 1 aliphatic carbocycles. The molecular weight excluding hydrogens is 286 g/mol. The minimum atomic E-state index is -0.137. The Labute approximate surface area is 134 Å². The number of fused-ring (bicyclic) bond motifs is 1. The second-order valence-electron chi connectivity index (χ2n) is 6.06. The minimum absolute atomic E-state index is 0.137. The maximum atomic E-state index is 12.5. The van der Waals surface area contributed by atoms with Crippen LogP contribution in [0.2, 0.25) is 0 Å². The Morgan fingerprint density at radius 2 is 2.00 bits per heavy atom. The molecule has 0 bridgehead atoms. The normalized spacial score (nSPS) is 14.0. The Bertz CT molecular complexity index is 900. The van der Waals surface area contributed by atoms with Gasteiger partial charge in [0.05, 0.1) is 0 Å². The van der Waals surface area contributed by atoms with E-state index >= 15 is 0 Å². The predicted octanol–water partition coefficient (Wildman–Crippen LogP) is 4.07. The van der Waals surface area contributed by atoms with Gasteiger partial charge < -0.3 is 5.32 Å². The van der Waals surface area contributed by atoms with Crippen molar-refractivity contribution in [3.8, 4) is 0 Å². The Hall–Kier alpha value is -2.75. The van der Waals surface area contributed by atoms with E-state index in [0.29, 0.717) is 17.3 Å². The average molecular weight is 303 g/mol. The van der Waals surface area contributed by atoms with Crippen molar-refractivity contribution in [1.29, 1.82) is 0 Å². The Balaban J connectivity index is 1.60. The first-order valence-corrected chi connectivity index (χ1v) is 7.83. The van der Waals surface area contributed by atoms with Crippen molar-refractivity contribution in [2.24, 2.45) is 0 Å². The number of hydrogen-bond acceptors (Lipinski definition) is 3. The first kappa shape index (κ1) is 13.9. The van der Waals surface area contributed by atoms with E-state index in [9.17, 15) is 4.79 Å². The van der Waals surface area contributed by atoms with E-state index in [1.54, 1.807) is 12.4 Å². The lowest BCUT2D eigenvalue weighted by atomic mass is 10.1. The van der Waals surface area contributed by atoms with Crippen molar-refractivity contribution in [3.05, 3.63) is 65.6 Å². The topological polar surface area (TPSA) is 54.9 Å². The van der Waals surface area contributed by atoms with E-state index in [1.807, 2.05) is 36.4 Å². The fourth-order valence-electron chi connectivity index (χ4n) is 2.80. The fourth-order valence-corrected chi connectivity index (χ4v) is 2.80. The lowest BCUT2D eigenvalue weighted by Gasteiger charge is -2.09. The van der Waals surface area contributed by atoms with Crippen LogP contribution in [0.4, 0.5) is 5.82 Å². The van der Waals surface area contributed by atoms with Gasteiger partial charge in [-0.1, -0.05) is 12.1 Å². The summed E-state index contributed by atoms with van der Waals surface area (Å²) in [4.78, 5) is 21.2. The number of pyridine rings is 2. The third-order valence-electron chi connectivity index (χ3n) is 4.24. The smallest absolute Gasteiger partial charge is 0.256 e. The molecule has 1 aromatic carbocycles. The molecule has 0 unspecified atom stereocenters. The maximum Gasteiger partial charge on any atom is 0.256 e. The van der Waals surface area contributed by atoms with Crippen molar-refractivity contribution in [3.63, 3.8) is 0 Å². The summed E-state index contributed by atoms with van der Waals surface area (Å²) >= 11 is 0. The molecule has 0 atom stereocenters. The molecule has 4 rings (SSSR count). The molecule has 0 spiro atoms. The summed E-state index contributed by atoms with van der Waals surface area (Å²) in [6, 6.07) is 11.4. The van der Waals surface area contributed by atoms with Gasteiger partial charge in [0, 0.05) is 35.0 Å². The zero-order valence-electron chi connectivity index (χ0n) is 12.9. The van der Waals surface area contributed by atoms with Crippen LogP contribution >= 0.6 is 0 Å². The van der Waals surface area contributed by atoms with Crippen LogP contribution in [0.15, 0.2) is 48.8 Å². The van der Waals surface area contributed by atoms with Crippen molar-refractivity contribution < 1.29 is 4.79 Å². The zero-order chi connectivity index (χ0) is 15.8. The molecule has 4 heteroatoms. The van der Waals surface area contributed by atoms with Crippen LogP contribution in [-0.4, -0.2) is 15.9 Å². The number of anilines is 1. The van der Waals surface area contributed by atoms with Gasteiger partial charge in [0.15, 0.2) is 0 Å². The van der Waals surface area contributed by atoms with E-state index in [1.165, 1.54) is 18.4 Å². The molecule has 1 amide bonds. The maximum absolute atomic E-state index is 12.5. The third-order valence-corrected chi connectivity index (χ3v) is 4.24. The monoisotopic (exact) mass is 303 g/mol. The van der Waals surface area contributed by atoms with Crippen LogP contribution in [0.25, 0.3) is 10.8 Å². The number of carbonyl (C=O) groups is 1. The van der Waals surface area contributed by atoms with Crippen LogP contribution in [0.1, 0.15) is 40.4 Å². The van der Waals surface area contributed by atoms with Crippen LogP contribution in [-0.2, 0) is 0 Å². The van der Waals surface area contributed by atoms with Crippen molar-refractivity contribution >= 4 is 22.5 Å². The largest absolute Gasteiger partial charge is 0.307 e. The second kappa shape index (κ2) is 5.47. The van der Waals surface area contributed by atoms with Crippen LogP contribution < -0.4 is 5.32 Å². The van der Waals surface area contributed by atoms with Gasteiger partial charge in [-0.2, -0.15) is 0 Å².